The Labute approximate surface area is 84.9 Å². The smallest absolute Gasteiger partial charge is 0.313 e. The highest BCUT2D eigenvalue weighted by molar-refractivity contribution is 8.00. The molecule has 0 saturated carbocycles. The molecule has 13 heavy (non-hydrogen) atoms. The molecule has 0 saturated heterocycles. The van der Waals surface area contributed by atoms with Gasteiger partial charge in [-0.15, -0.1) is 11.8 Å². The van der Waals surface area contributed by atoms with Crippen LogP contribution in [0.2, 0.25) is 5.02 Å². The highest BCUT2D eigenvalue weighted by atomic mass is 35.5. The number of anilines is 1. The number of nitrogen functional groups attached to an aromatic ring is 1. The summed E-state index contributed by atoms with van der Waals surface area (Å²) in [5.74, 6) is -0.880. The fraction of sp³-hybridized carbons (Fsp3) is 0.125. The zero-order chi connectivity index (χ0) is 9.84. The molecule has 5 heteroatoms. The molecule has 3 N–H and O–H groups in total. The minimum Gasteiger partial charge on any atom is -0.481 e. The highest BCUT2D eigenvalue weighted by Gasteiger charge is 2.03. The maximum absolute atomic E-state index is 10.3. The van der Waals surface area contributed by atoms with Crippen LogP contribution in [0.25, 0.3) is 0 Å². The Morgan fingerprint density at radius 3 is 2.92 bits per heavy atom. The standard InChI is InChI=1S/C8H8ClNO2S/c9-5-1-2-6(10)7(3-5)13-4-8(11)12/h1-3H,4,10H2,(H,11,12). The Balaban J connectivity index is 2.75. The van der Waals surface area contributed by atoms with Crippen LogP contribution in [0.15, 0.2) is 23.1 Å². The Morgan fingerprint density at radius 2 is 2.31 bits per heavy atom. The number of hydrogen-bond donors (Lipinski definition) is 2. The van der Waals surface area contributed by atoms with E-state index in [-0.39, 0.29) is 5.75 Å². The van der Waals surface area contributed by atoms with Crippen molar-refractivity contribution in [2.24, 2.45) is 0 Å². The number of thioether (sulfide) groups is 1. The predicted molar refractivity (Wildman–Crippen MR) is 54.2 cm³/mol. The zero-order valence-corrected chi connectivity index (χ0v) is 8.23. The summed E-state index contributed by atoms with van der Waals surface area (Å²) in [5.41, 5.74) is 6.15. The number of aliphatic carboxylic acids is 1. The molecule has 3 nitrogen and oxygen atoms in total. The van der Waals surface area contributed by atoms with E-state index in [4.69, 9.17) is 22.4 Å². The van der Waals surface area contributed by atoms with Crippen molar-refractivity contribution < 1.29 is 9.90 Å². The van der Waals surface area contributed by atoms with Crippen molar-refractivity contribution in [1.29, 1.82) is 0 Å². The average Bonchev–Trinajstić information content (AvgIpc) is 2.06. The van der Waals surface area contributed by atoms with E-state index in [1.807, 2.05) is 0 Å². The highest BCUT2D eigenvalue weighted by Crippen LogP contribution is 2.27. The van der Waals surface area contributed by atoms with E-state index in [0.29, 0.717) is 15.6 Å². The van der Waals surface area contributed by atoms with Gasteiger partial charge in [0.1, 0.15) is 0 Å². The van der Waals surface area contributed by atoms with E-state index in [1.165, 1.54) is 0 Å². The van der Waals surface area contributed by atoms with Crippen molar-refractivity contribution in [3.05, 3.63) is 23.2 Å². The quantitative estimate of drug-likeness (QED) is 0.601. The van der Waals surface area contributed by atoms with E-state index < -0.39 is 5.97 Å². The number of hydrogen-bond acceptors (Lipinski definition) is 3. The second kappa shape index (κ2) is 4.39. The first-order chi connectivity index (χ1) is 6.09. The Morgan fingerprint density at radius 1 is 1.62 bits per heavy atom. The molecule has 0 aromatic heterocycles. The van der Waals surface area contributed by atoms with Gasteiger partial charge in [-0.1, -0.05) is 11.6 Å². The number of carboxylic acids is 1. The van der Waals surface area contributed by atoms with Crippen LogP contribution < -0.4 is 5.73 Å². The topological polar surface area (TPSA) is 63.3 Å². The van der Waals surface area contributed by atoms with Crippen LogP contribution >= 0.6 is 23.4 Å². The molecule has 0 amide bonds. The number of nitrogens with two attached hydrogens (primary N) is 1. The fourth-order valence-electron chi connectivity index (χ4n) is 0.773. The van der Waals surface area contributed by atoms with E-state index in [9.17, 15) is 4.79 Å². The molecule has 0 radical (unpaired) electrons. The van der Waals surface area contributed by atoms with Crippen LogP contribution in [0.4, 0.5) is 5.69 Å². The van der Waals surface area contributed by atoms with Crippen LogP contribution in [-0.4, -0.2) is 16.8 Å². The lowest BCUT2D eigenvalue weighted by molar-refractivity contribution is -0.133. The number of rotatable bonds is 3. The lowest BCUT2D eigenvalue weighted by Crippen LogP contribution is -1.98. The fourth-order valence-corrected chi connectivity index (χ4v) is 1.73. The third-order valence-electron chi connectivity index (χ3n) is 1.33. The van der Waals surface area contributed by atoms with Gasteiger partial charge >= 0.3 is 5.97 Å². The number of halogens is 1. The van der Waals surface area contributed by atoms with Gasteiger partial charge in [0, 0.05) is 15.6 Å². The summed E-state index contributed by atoms with van der Waals surface area (Å²) in [4.78, 5) is 11.0. The maximum Gasteiger partial charge on any atom is 0.313 e. The average molecular weight is 218 g/mol. The van der Waals surface area contributed by atoms with Crippen molar-refractivity contribution in [3.63, 3.8) is 0 Å². The largest absolute Gasteiger partial charge is 0.481 e. The van der Waals surface area contributed by atoms with Crippen molar-refractivity contribution >= 4 is 35.0 Å². The molecule has 0 fully saturated rings. The predicted octanol–water partition coefficient (Wildman–Crippen LogP) is 2.10. The Hall–Kier alpha value is -0.870. The summed E-state index contributed by atoms with van der Waals surface area (Å²) < 4.78 is 0. The SMILES string of the molecule is Nc1ccc(Cl)cc1SCC(=O)O. The van der Waals surface area contributed by atoms with Gasteiger partial charge in [-0.25, -0.2) is 0 Å². The van der Waals surface area contributed by atoms with Gasteiger partial charge in [-0.2, -0.15) is 0 Å². The summed E-state index contributed by atoms with van der Waals surface area (Å²) in [5, 5.41) is 9.00. The molecule has 1 rings (SSSR count). The lowest BCUT2D eigenvalue weighted by atomic mass is 10.3. The Kier molecular flexibility index (Phi) is 3.45. The van der Waals surface area contributed by atoms with E-state index in [1.54, 1.807) is 18.2 Å². The second-order valence-electron chi connectivity index (χ2n) is 2.36. The van der Waals surface area contributed by atoms with E-state index in [2.05, 4.69) is 0 Å². The van der Waals surface area contributed by atoms with E-state index >= 15 is 0 Å². The van der Waals surface area contributed by atoms with Crippen LogP contribution in [0.1, 0.15) is 0 Å². The van der Waals surface area contributed by atoms with Crippen LogP contribution in [0.5, 0.6) is 0 Å². The van der Waals surface area contributed by atoms with Gasteiger partial charge in [-0.3, -0.25) is 4.79 Å². The van der Waals surface area contributed by atoms with Crippen molar-refractivity contribution in [2.75, 3.05) is 11.5 Å². The molecule has 1 aromatic carbocycles. The normalized spacial score (nSPS) is 9.92. The first kappa shape index (κ1) is 10.2. The molecule has 1 aromatic rings. The summed E-state index contributed by atoms with van der Waals surface area (Å²) in [6, 6.07) is 4.98. The van der Waals surface area contributed by atoms with Crippen LogP contribution in [0.3, 0.4) is 0 Å². The van der Waals surface area contributed by atoms with Crippen molar-refractivity contribution in [3.8, 4) is 0 Å². The molecule has 0 aliphatic rings. The van der Waals surface area contributed by atoms with Gasteiger partial charge in [0.05, 0.1) is 5.75 Å². The van der Waals surface area contributed by atoms with Gasteiger partial charge in [0.15, 0.2) is 0 Å². The molecule has 0 bridgehead atoms. The summed E-state index contributed by atoms with van der Waals surface area (Å²) in [6.07, 6.45) is 0. The molecule has 0 heterocycles. The first-order valence-corrected chi connectivity index (χ1v) is 4.85. The van der Waals surface area contributed by atoms with Gasteiger partial charge in [-0.05, 0) is 18.2 Å². The Bertz CT molecular complexity index is 330. The zero-order valence-electron chi connectivity index (χ0n) is 6.66. The van der Waals surface area contributed by atoms with Gasteiger partial charge in [0.2, 0.25) is 0 Å². The molecular weight excluding hydrogens is 210 g/mol. The lowest BCUT2D eigenvalue weighted by Gasteiger charge is -2.03. The molecular formula is C8H8ClNO2S. The molecule has 0 aliphatic carbocycles. The summed E-state index contributed by atoms with van der Waals surface area (Å²) >= 11 is 6.88. The third kappa shape index (κ3) is 3.16. The molecule has 0 aliphatic heterocycles. The molecule has 70 valence electrons. The minimum absolute atomic E-state index is 0.00938. The van der Waals surface area contributed by atoms with Crippen LogP contribution in [0, 0.1) is 0 Å². The minimum atomic E-state index is -0.871. The number of carbonyl (C=O) groups is 1. The third-order valence-corrected chi connectivity index (χ3v) is 2.62. The van der Waals surface area contributed by atoms with E-state index in [0.717, 1.165) is 11.8 Å². The van der Waals surface area contributed by atoms with Crippen molar-refractivity contribution in [2.45, 2.75) is 4.90 Å². The second-order valence-corrected chi connectivity index (χ2v) is 3.82. The van der Waals surface area contributed by atoms with Crippen LogP contribution in [-0.2, 0) is 4.79 Å². The summed E-state index contributed by atoms with van der Waals surface area (Å²) in [6.45, 7) is 0. The number of benzene rings is 1. The molecule has 0 atom stereocenters. The van der Waals surface area contributed by atoms with Gasteiger partial charge < -0.3 is 10.8 Å². The first-order valence-electron chi connectivity index (χ1n) is 3.49. The number of carboxylic acid groups (broad SMARTS) is 1. The monoisotopic (exact) mass is 217 g/mol. The van der Waals surface area contributed by atoms with Crippen molar-refractivity contribution in [1.82, 2.24) is 0 Å². The molecule has 0 spiro atoms. The summed E-state index contributed by atoms with van der Waals surface area (Å²) in [7, 11) is 0. The molecule has 0 unspecified atom stereocenters. The maximum atomic E-state index is 10.3. The van der Waals surface area contributed by atoms with Gasteiger partial charge in [0.25, 0.3) is 0 Å².